The number of rotatable bonds is 0. The van der Waals surface area contributed by atoms with Crippen molar-refractivity contribution in [2.24, 2.45) is 0 Å². The summed E-state index contributed by atoms with van der Waals surface area (Å²) in [6, 6.07) is 0. The van der Waals surface area contributed by atoms with E-state index in [0.29, 0.717) is 0 Å². The largest absolute Gasteiger partial charge is 0.306 e. The second kappa shape index (κ2) is 1.43. The minimum absolute atomic E-state index is 0.792. The monoisotopic (exact) mass is 101 g/mol. The molecule has 0 amide bonds. The van der Waals surface area contributed by atoms with E-state index in [2.05, 4.69) is 0 Å². The molecule has 0 unspecified atom stereocenters. The van der Waals surface area contributed by atoms with Crippen LogP contribution in [0.1, 0.15) is 0 Å². The standard InChI is InChI=1S/C3H3NOS/c5-4-2-1-3-6-4/h1-3H/q+1. The van der Waals surface area contributed by atoms with Gasteiger partial charge in [-0.1, -0.05) is 0 Å². The summed E-state index contributed by atoms with van der Waals surface area (Å²) in [4.78, 5) is 10.0. The van der Waals surface area contributed by atoms with Crippen LogP contribution in [0.5, 0.6) is 0 Å². The van der Waals surface area contributed by atoms with Crippen molar-refractivity contribution >= 4 is 11.9 Å². The zero-order valence-electron chi connectivity index (χ0n) is 3.00. The SMILES string of the molecule is O=[N+]1[CH]C=CS1. The maximum Gasteiger partial charge on any atom is 0.306 e. The lowest BCUT2D eigenvalue weighted by molar-refractivity contribution is -0.307. The van der Waals surface area contributed by atoms with Gasteiger partial charge in [0, 0.05) is 16.4 Å². The molecule has 0 aromatic rings. The second-order valence-electron chi connectivity index (χ2n) is 0.868. The first-order chi connectivity index (χ1) is 2.89. The van der Waals surface area contributed by atoms with Crippen LogP contribution in [0.3, 0.4) is 0 Å². The Morgan fingerprint density at radius 1 is 1.67 bits per heavy atom. The molecule has 0 bridgehead atoms. The van der Waals surface area contributed by atoms with Gasteiger partial charge in [-0.05, 0) is 0 Å². The molecule has 31 valence electrons. The Labute approximate surface area is 39.9 Å². The molecular weight excluding hydrogens is 98.1 g/mol. The van der Waals surface area contributed by atoms with Gasteiger partial charge in [0.05, 0.1) is 4.17 Å². The first kappa shape index (κ1) is 3.87. The van der Waals surface area contributed by atoms with E-state index in [1.807, 2.05) is 0 Å². The second-order valence-corrected chi connectivity index (χ2v) is 1.71. The zero-order valence-corrected chi connectivity index (χ0v) is 3.81. The third kappa shape index (κ3) is 0.597. The Kier molecular flexibility index (Phi) is 0.919. The average molecular weight is 101 g/mol. The normalized spacial score (nSPS) is 19.7. The summed E-state index contributed by atoms with van der Waals surface area (Å²) in [5, 5.41) is 1.73. The topological polar surface area (TPSA) is 20.1 Å². The highest BCUT2D eigenvalue weighted by Crippen LogP contribution is 2.12. The van der Waals surface area contributed by atoms with E-state index < -0.39 is 0 Å². The number of hydrogen-bond donors (Lipinski definition) is 0. The molecule has 0 aliphatic carbocycles. The Morgan fingerprint density at radius 2 is 2.50 bits per heavy atom. The van der Waals surface area contributed by atoms with Gasteiger partial charge in [0.15, 0.2) is 0 Å². The smallest absolute Gasteiger partial charge is 0.00909 e. The van der Waals surface area contributed by atoms with Crippen molar-refractivity contribution in [3.05, 3.63) is 22.9 Å². The molecule has 1 heterocycles. The van der Waals surface area contributed by atoms with E-state index in [9.17, 15) is 4.91 Å². The molecule has 1 radical (unpaired) electrons. The Morgan fingerprint density at radius 3 is 2.67 bits per heavy atom. The van der Waals surface area contributed by atoms with Gasteiger partial charge in [-0.15, -0.1) is 0 Å². The minimum atomic E-state index is 0.792. The maximum absolute atomic E-state index is 10.0. The average Bonchev–Trinajstić information content (AvgIpc) is 1.86. The molecule has 0 fully saturated rings. The van der Waals surface area contributed by atoms with E-state index in [4.69, 9.17) is 0 Å². The Hall–Kier alpha value is -0.310. The quantitative estimate of drug-likeness (QED) is 0.336. The molecule has 2 nitrogen and oxygen atoms in total. The fourth-order valence-corrected chi connectivity index (χ4v) is 0.637. The van der Waals surface area contributed by atoms with Crippen LogP contribution >= 0.6 is 11.9 Å². The highest BCUT2D eigenvalue weighted by atomic mass is 32.2. The third-order valence-corrected chi connectivity index (χ3v) is 1.06. The van der Waals surface area contributed by atoms with Gasteiger partial charge in [-0.2, -0.15) is 0 Å². The van der Waals surface area contributed by atoms with Gasteiger partial charge in [-0.25, -0.2) is 0 Å². The zero-order chi connectivity index (χ0) is 4.41. The summed E-state index contributed by atoms with van der Waals surface area (Å²) in [7, 11) is 0. The highest BCUT2D eigenvalue weighted by molar-refractivity contribution is 7.96. The van der Waals surface area contributed by atoms with E-state index in [1.54, 1.807) is 11.5 Å². The van der Waals surface area contributed by atoms with Gasteiger partial charge in [0.2, 0.25) is 11.9 Å². The molecule has 0 aromatic heterocycles. The molecule has 0 N–H and O–H groups in total. The molecule has 0 saturated heterocycles. The Bertz CT molecular complexity index is 89.0. The van der Waals surface area contributed by atoms with Crippen LogP contribution in [-0.2, 0) is 0 Å². The van der Waals surface area contributed by atoms with Crippen molar-refractivity contribution in [3.63, 3.8) is 0 Å². The molecule has 0 spiro atoms. The maximum atomic E-state index is 10.0. The van der Waals surface area contributed by atoms with E-state index in [1.165, 1.54) is 6.54 Å². The summed E-state index contributed by atoms with van der Waals surface area (Å²) in [6.07, 6.45) is 1.71. The lowest BCUT2D eigenvalue weighted by Crippen LogP contribution is -1.78. The first-order valence-electron chi connectivity index (χ1n) is 1.53. The van der Waals surface area contributed by atoms with Crippen LogP contribution in [0, 0.1) is 11.5 Å². The molecule has 1 aliphatic heterocycles. The predicted octanol–water partition coefficient (Wildman–Crippen LogP) is 1.10. The van der Waals surface area contributed by atoms with Crippen LogP contribution in [0.4, 0.5) is 0 Å². The van der Waals surface area contributed by atoms with E-state index in [0.717, 1.165) is 16.1 Å². The lowest BCUT2D eigenvalue weighted by Gasteiger charge is -1.60. The van der Waals surface area contributed by atoms with E-state index in [-0.39, 0.29) is 0 Å². The van der Waals surface area contributed by atoms with Crippen molar-refractivity contribution < 1.29 is 4.17 Å². The summed E-state index contributed by atoms with van der Waals surface area (Å²) >= 11 is 1.14. The molecule has 3 heteroatoms. The van der Waals surface area contributed by atoms with Crippen molar-refractivity contribution in [2.75, 3.05) is 0 Å². The van der Waals surface area contributed by atoms with Gasteiger partial charge < -0.3 is 0 Å². The van der Waals surface area contributed by atoms with Crippen LogP contribution in [-0.4, -0.2) is 4.17 Å². The van der Waals surface area contributed by atoms with E-state index >= 15 is 0 Å². The molecule has 6 heavy (non-hydrogen) atoms. The fourth-order valence-electron chi connectivity index (χ4n) is 0.236. The molecule has 0 atom stereocenters. The van der Waals surface area contributed by atoms with Gasteiger partial charge in [-0.3, -0.25) is 0 Å². The molecule has 1 aliphatic rings. The van der Waals surface area contributed by atoms with Crippen molar-refractivity contribution in [3.8, 4) is 0 Å². The fraction of sp³-hybridized carbons (Fsp3) is 0. The first-order valence-corrected chi connectivity index (χ1v) is 2.36. The third-order valence-electron chi connectivity index (χ3n) is 0.451. The molecule has 0 saturated carbocycles. The number of hydrogen-bond acceptors (Lipinski definition) is 2. The highest BCUT2D eigenvalue weighted by Gasteiger charge is 2.12. The van der Waals surface area contributed by atoms with Gasteiger partial charge >= 0.3 is 6.54 Å². The molecule has 1 rings (SSSR count). The van der Waals surface area contributed by atoms with Crippen LogP contribution < -0.4 is 0 Å². The van der Waals surface area contributed by atoms with Gasteiger partial charge in [0.1, 0.15) is 0 Å². The summed E-state index contributed by atoms with van der Waals surface area (Å²) < 4.78 is 0.792. The summed E-state index contributed by atoms with van der Waals surface area (Å²) in [5.74, 6) is 0. The number of nitrogens with zero attached hydrogens (tertiary/aromatic N) is 1. The summed E-state index contributed by atoms with van der Waals surface area (Å²) in [5.41, 5.74) is 0. The minimum Gasteiger partial charge on any atom is 0.00909 e. The van der Waals surface area contributed by atoms with Crippen LogP contribution in [0.15, 0.2) is 11.5 Å². The lowest BCUT2D eigenvalue weighted by atomic mass is 10.7. The van der Waals surface area contributed by atoms with Crippen LogP contribution in [0.25, 0.3) is 0 Å². The summed E-state index contributed by atoms with van der Waals surface area (Å²) in [6.45, 7) is 1.46. The van der Waals surface area contributed by atoms with Crippen molar-refractivity contribution in [1.82, 2.24) is 0 Å². The van der Waals surface area contributed by atoms with Crippen molar-refractivity contribution in [1.29, 1.82) is 0 Å². The van der Waals surface area contributed by atoms with Crippen molar-refractivity contribution in [2.45, 2.75) is 0 Å². The Balaban J connectivity index is 2.52. The van der Waals surface area contributed by atoms with Gasteiger partial charge in [0.25, 0.3) is 0 Å². The number of nitroso groups, excluding NO2 is 1. The molecular formula is C3H3NOS+. The predicted molar refractivity (Wildman–Crippen MR) is 24.7 cm³/mol. The van der Waals surface area contributed by atoms with Crippen LogP contribution in [0.2, 0.25) is 0 Å². The molecule has 0 aromatic carbocycles.